The van der Waals surface area contributed by atoms with Gasteiger partial charge in [0.2, 0.25) is 0 Å². The number of hydrogen-bond acceptors (Lipinski definition) is 3. The van der Waals surface area contributed by atoms with E-state index < -0.39 is 11.7 Å². The Kier molecular flexibility index (Phi) is 5.87. The quantitative estimate of drug-likeness (QED) is 0.434. The first-order chi connectivity index (χ1) is 13.7. The molecule has 0 saturated heterocycles. The molecule has 5 heteroatoms. The molecule has 0 fully saturated rings. The third-order valence-electron chi connectivity index (χ3n) is 5.21. The number of benzene rings is 1. The molecule has 0 radical (unpaired) electrons. The molecule has 0 unspecified atom stereocenters. The van der Waals surface area contributed by atoms with Gasteiger partial charge in [-0.3, -0.25) is 9.59 Å². The lowest BCUT2D eigenvalue weighted by Crippen LogP contribution is -2.24. The summed E-state index contributed by atoms with van der Waals surface area (Å²) >= 11 is 0. The summed E-state index contributed by atoms with van der Waals surface area (Å²) in [5, 5.41) is 3.62. The lowest BCUT2D eigenvalue weighted by Gasteiger charge is -2.19. The summed E-state index contributed by atoms with van der Waals surface area (Å²) < 4.78 is 1.93. The summed E-state index contributed by atoms with van der Waals surface area (Å²) in [6, 6.07) is 9.77. The molecule has 2 aromatic heterocycles. The van der Waals surface area contributed by atoms with Gasteiger partial charge in [-0.25, -0.2) is 4.98 Å². The first-order valence-electron chi connectivity index (χ1n) is 10.2. The Labute approximate surface area is 172 Å². The van der Waals surface area contributed by atoms with Gasteiger partial charge in [-0.15, -0.1) is 0 Å². The number of carbonyl (C=O) groups excluding carboxylic acids is 2. The van der Waals surface area contributed by atoms with Crippen LogP contribution >= 0.6 is 0 Å². The number of para-hydroxylation sites is 1. The van der Waals surface area contributed by atoms with Gasteiger partial charge in [0.15, 0.2) is 0 Å². The first kappa shape index (κ1) is 20.8. The van der Waals surface area contributed by atoms with Crippen LogP contribution in [0.25, 0.3) is 11.0 Å². The zero-order valence-electron chi connectivity index (χ0n) is 18.0. The molecule has 1 N–H and O–H groups in total. The van der Waals surface area contributed by atoms with Crippen molar-refractivity contribution in [2.75, 3.05) is 5.32 Å². The molecule has 0 bridgehead atoms. The molecule has 0 aliphatic heterocycles. The standard InChI is InChI=1S/C24H29N3O2/c1-14(2)17-9-7-10-18(15(3)4)21(17)26-24(29)22(28)20-13-27(16(5)6)23-19(20)11-8-12-25-23/h7-16H,1-6H3,(H,26,29). The summed E-state index contributed by atoms with van der Waals surface area (Å²) in [5.41, 5.74) is 3.91. The van der Waals surface area contributed by atoms with Crippen molar-refractivity contribution in [3.63, 3.8) is 0 Å². The Bertz CT molecular complexity index is 1030. The van der Waals surface area contributed by atoms with Crippen LogP contribution in [0.3, 0.4) is 0 Å². The maximum Gasteiger partial charge on any atom is 0.296 e. The van der Waals surface area contributed by atoms with E-state index in [9.17, 15) is 9.59 Å². The third kappa shape index (κ3) is 3.95. The van der Waals surface area contributed by atoms with Crippen molar-refractivity contribution >= 4 is 28.4 Å². The number of ketones is 1. The summed E-state index contributed by atoms with van der Waals surface area (Å²) in [6.45, 7) is 12.4. The van der Waals surface area contributed by atoms with Gasteiger partial charge < -0.3 is 9.88 Å². The molecule has 0 atom stereocenters. The fraction of sp³-hybridized carbons (Fsp3) is 0.375. The molecule has 2 heterocycles. The van der Waals surface area contributed by atoms with E-state index in [1.807, 2.05) is 42.7 Å². The van der Waals surface area contributed by atoms with Crippen molar-refractivity contribution in [1.29, 1.82) is 0 Å². The van der Waals surface area contributed by atoms with Gasteiger partial charge in [-0.1, -0.05) is 45.9 Å². The minimum Gasteiger partial charge on any atom is -0.329 e. The number of carbonyl (C=O) groups is 2. The van der Waals surface area contributed by atoms with E-state index in [2.05, 4.69) is 38.0 Å². The zero-order valence-corrected chi connectivity index (χ0v) is 18.0. The zero-order chi connectivity index (χ0) is 21.3. The molecule has 0 saturated carbocycles. The Balaban J connectivity index is 2.02. The van der Waals surface area contributed by atoms with Crippen molar-refractivity contribution in [1.82, 2.24) is 9.55 Å². The number of nitrogens with one attached hydrogen (secondary N) is 1. The molecule has 0 aliphatic carbocycles. The van der Waals surface area contributed by atoms with Crippen LogP contribution in [0.1, 0.15) is 80.9 Å². The van der Waals surface area contributed by atoms with Crippen molar-refractivity contribution in [3.05, 3.63) is 59.4 Å². The van der Waals surface area contributed by atoms with E-state index >= 15 is 0 Å². The van der Waals surface area contributed by atoms with Crippen LogP contribution < -0.4 is 5.32 Å². The van der Waals surface area contributed by atoms with Gasteiger partial charge in [0.1, 0.15) is 5.65 Å². The Morgan fingerprint density at radius 3 is 2.10 bits per heavy atom. The molecule has 0 aliphatic rings. The number of Topliss-reactive ketones (excluding diaryl/α,β-unsaturated/α-hetero) is 1. The Hall–Kier alpha value is -2.95. The molecular formula is C24H29N3O2. The van der Waals surface area contributed by atoms with Crippen molar-refractivity contribution in [3.8, 4) is 0 Å². The molecule has 3 aromatic rings. The molecular weight excluding hydrogens is 362 g/mol. The van der Waals surface area contributed by atoms with Crippen LogP contribution in [-0.2, 0) is 4.79 Å². The lowest BCUT2D eigenvalue weighted by molar-refractivity contribution is -0.112. The predicted octanol–water partition coefficient (Wildman–Crippen LogP) is 5.69. The summed E-state index contributed by atoms with van der Waals surface area (Å²) in [6.07, 6.45) is 3.44. The normalized spacial score (nSPS) is 11.6. The fourth-order valence-electron chi connectivity index (χ4n) is 3.65. The van der Waals surface area contributed by atoms with E-state index in [4.69, 9.17) is 0 Å². The van der Waals surface area contributed by atoms with Crippen LogP contribution in [-0.4, -0.2) is 21.2 Å². The summed E-state index contributed by atoms with van der Waals surface area (Å²) in [4.78, 5) is 30.5. The van der Waals surface area contributed by atoms with Crippen LogP contribution in [0.15, 0.2) is 42.7 Å². The minimum absolute atomic E-state index is 0.131. The number of hydrogen-bond donors (Lipinski definition) is 1. The number of nitrogens with zero attached hydrogens (tertiary/aromatic N) is 2. The van der Waals surface area contributed by atoms with Crippen LogP contribution in [0, 0.1) is 0 Å². The van der Waals surface area contributed by atoms with Crippen molar-refractivity contribution in [2.45, 2.75) is 59.4 Å². The highest BCUT2D eigenvalue weighted by Gasteiger charge is 2.25. The number of rotatable bonds is 6. The predicted molar refractivity (Wildman–Crippen MR) is 118 cm³/mol. The Morgan fingerprint density at radius 2 is 1.55 bits per heavy atom. The van der Waals surface area contributed by atoms with E-state index in [1.54, 1.807) is 18.5 Å². The highest BCUT2D eigenvalue weighted by atomic mass is 16.2. The largest absolute Gasteiger partial charge is 0.329 e. The molecule has 5 nitrogen and oxygen atoms in total. The van der Waals surface area contributed by atoms with Gasteiger partial charge in [-0.2, -0.15) is 0 Å². The molecule has 152 valence electrons. The van der Waals surface area contributed by atoms with Gasteiger partial charge in [0, 0.05) is 29.5 Å². The van der Waals surface area contributed by atoms with Gasteiger partial charge in [-0.05, 0) is 48.9 Å². The SMILES string of the molecule is CC(C)c1cccc(C(C)C)c1NC(=O)C(=O)c1cn(C(C)C)c2ncccc12. The molecule has 0 spiro atoms. The second-order valence-corrected chi connectivity index (χ2v) is 8.32. The lowest BCUT2D eigenvalue weighted by atomic mass is 9.92. The van der Waals surface area contributed by atoms with Gasteiger partial charge in [0.25, 0.3) is 11.7 Å². The number of aromatic nitrogens is 2. The van der Waals surface area contributed by atoms with Crippen LogP contribution in [0.4, 0.5) is 5.69 Å². The molecule has 3 rings (SSSR count). The smallest absolute Gasteiger partial charge is 0.296 e. The van der Waals surface area contributed by atoms with Gasteiger partial charge >= 0.3 is 0 Å². The number of fused-ring (bicyclic) bond motifs is 1. The van der Waals surface area contributed by atoms with E-state index in [0.29, 0.717) is 16.6 Å². The van der Waals surface area contributed by atoms with E-state index in [-0.39, 0.29) is 17.9 Å². The second kappa shape index (κ2) is 8.19. The number of amides is 1. The first-order valence-corrected chi connectivity index (χ1v) is 10.2. The number of pyridine rings is 1. The molecule has 1 aromatic carbocycles. The highest BCUT2D eigenvalue weighted by Crippen LogP contribution is 2.33. The maximum atomic E-state index is 13.1. The minimum atomic E-state index is -0.619. The van der Waals surface area contributed by atoms with Crippen LogP contribution in [0.2, 0.25) is 0 Å². The van der Waals surface area contributed by atoms with E-state index in [0.717, 1.165) is 16.8 Å². The average Bonchev–Trinajstić information content (AvgIpc) is 3.07. The van der Waals surface area contributed by atoms with Crippen molar-refractivity contribution < 1.29 is 9.59 Å². The van der Waals surface area contributed by atoms with Crippen LogP contribution in [0.5, 0.6) is 0 Å². The third-order valence-corrected chi connectivity index (χ3v) is 5.21. The average molecular weight is 392 g/mol. The number of anilines is 1. The topological polar surface area (TPSA) is 64.0 Å². The van der Waals surface area contributed by atoms with Crippen molar-refractivity contribution in [2.24, 2.45) is 0 Å². The maximum absolute atomic E-state index is 13.1. The highest BCUT2D eigenvalue weighted by molar-refractivity contribution is 6.48. The molecule has 29 heavy (non-hydrogen) atoms. The second-order valence-electron chi connectivity index (χ2n) is 8.32. The summed E-state index contributed by atoms with van der Waals surface area (Å²) in [7, 11) is 0. The van der Waals surface area contributed by atoms with E-state index in [1.165, 1.54) is 0 Å². The monoisotopic (exact) mass is 391 g/mol. The molecule has 1 amide bonds. The summed E-state index contributed by atoms with van der Waals surface area (Å²) in [5.74, 6) is -0.709. The Morgan fingerprint density at radius 1 is 0.931 bits per heavy atom. The van der Waals surface area contributed by atoms with Gasteiger partial charge in [0.05, 0.1) is 5.56 Å². The fourth-order valence-corrected chi connectivity index (χ4v) is 3.65.